The summed E-state index contributed by atoms with van der Waals surface area (Å²) in [6, 6.07) is 11.0. The van der Waals surface area contributed by atoms with E-state index >= 15 is 0 Å². The third kappa shape index (κ3) is 22.1. The van der Waals surface area contributed by atoms with Crippen molar-refractivity contribution in [1.82, 2.24) is 4.57 Å². The Morgan fingerprint density at radius 1 is 0.435 bits per heavy atom. The molecule has 2 aromatic rings. The molecule has 2 rings (SSSR count). The van der Waals surface area contributed by atoms with E-state index in [9.17, 15) is 0 Å². The van der Waals surface area contributed by atoms with Crippen molar-refractivity contribution in [3.63, 3.8) is 0 Å². The van der Waals surface area contributed by atoms with Crippen LogP contribution >= 0.6 is 0 Å². The van der Waals surface area contributed by atoms with Gasteiger partial charge in [-0.05, 0) is 37.7 Å². The molecule has 0 radical (unpaired) electrons. The van der Waals surface area contributed by atoms with Crippen LogP contribution in [0.2, 0.25) is 0 Å². The summed E-state index contributed by atoms with van der Waals surface area (Å²) >= 11 is 0. The highest BCUT2D eigenvalue weighted by Crippen LogP contribution is 2.16. The molecule has 1 aromatic carbocycles. The van der Waals surface area contributed by atoms with E-state index in [1.54, 1.807) is 5.82 Å². The predicted octanol–water partition coefficient (Wildman–Crippen LogP) is 13.9. The number of aryl methyl sites for hydroxylation is 3. The summed E-state index contributed by atoms with van der Waals surface area (Å²) in [4.78, 5) is 0. The summed E-state index contributed by atoms with van der Waals surface area (Å²) in [6.07, 6.45) is 48.6. The Balaban J connectivity index is 1.60. The molecule has 0 amide bonds. The number of aromatic nitrogens is 2. The van der Waals surface area contributed by atoms with Gasteiger partial charge in [-0.2, -0.15) is 0 Å². The van der Waals surface area contributed by atoms with Gasteiger partial charge in [0.05, 0.1) is 13.1 Å². The van der Waals surface area contributed by atoms with Crippen LogP contribution in [0.4, 0.5) is 0 Å². The summed E-state index contributed by atoms with van der Waals surface area (Å²) in [5.74, 6) is 1.58. The van der Waals surface area contributed by atoms with E-state index < -0.39 is 0 Å². The average Bonchev–Trinajstić information content (AvgIpc) is 3.46. The van der Waals surface area contributed by atoms with Gasteiger partial charge in [0.1, 0.15) is 12.4 Å². The van der Waals surface area contributed by atoms with Crippen molar-refractivity contribution in [2.24, 2.45) is 0 Å². The van der Waals surface area contributed by atoms with Gasteiger partial charge >= 0.3 is 0 Å². The van der Waals surface area contributed by atoms with Gasteiger partial charge in [0, 0.05) is 6.42 Å². The third-order valence-corrected chi connectivity index (χ3v) is 10.3. The topological polar surface area (TPSA) is 8.81 Å². The van der Waals surface area contributed by atoms with Gasteiger partial charge in [0.2, 0.25) is 0 Å². The minimum atomic E-state index is 1.15. The molecular weight excluding hydrogens is 556 g/mol. The van der Waals surface area contributed by atoms with Crippen molar-refractivity contribution in [3.8, 4) is 0 Å². The quantitative estimate of drug-likeness (QED) is 0.0534. The molecule has 0 N–H and O–H groups in total. The molecule has 0 atom stereocenters. The second-order valence-electron chi connectivity index (χ2n) is 14.6. The van der Waals surface area contributed by atoms with Crippen molar-refractivity contribution in [1.29, 1.82) is 0 Å². The third-order valence-electron chi connectivity index (χ3n) is 10.3. The second kappa shape index (κ2) is 30.7. The van der Waals surface area contributed by atoms with Crippen LogP contribution in [-0.4, -0.2) is 4.57 Å². The van der Waals surface area contributed by atoms with Gasteiger partial charge in [0.15, 0.2) is 0 Å². The van der Waals surface area contributed by atoms with Crippen molar-refractivity contribution in [2.45, 2.75) is 226 Å². The zero-order chi connectivity index (χ0) is 32.6. The second-order valence-corrected chi connectivity index (χ2v) is 14.6. The predicted molar refractivity (Wildman–Crippen MR) is 204 cm³/mol. The molecule has 0 unspecified atom stereocenters. The van der Waals surface area contributed by atoms with Crippen molar-refractivity contribution >= 4 is 0 Å². The molecule has 0 aliphatic carbocycles. The van der Waals surface area contributed by atoms with Gasteiger partial charge in [-0.25, -0.2) is 9.13 Å². The van der Waals surface area contributed by atoms with Crippen LogP contribution in [-0.2, 0) is 25.9 Å². The monoisotopic (exact) mass is 636 g/mol. The van der Waals surface area contributed by atoms with E-state index in [2.05, 4.69) is 65.7 Å². The van der Waals surface area contributed by atoms with E-state index in [1.165, 1.54) is 211 Å². The van der Waals surface area contributed by atoms with Gasteiger partial charge in [-0.15, -0.1) is 0 Å². The van der Waals surface area contributed by atoms with Crippen LogP contribution in [0.25, 0.3) is 0 Å². The van der Waals surface area contributed by atoms with Crippen LogP contribution in [0.15, 0.2) is 42.7 Å². The number of rotatable bonds is 34. The van der Waals surface area contributed by atoms with Gasteiger partial charge in [-0.1, -0.05) is 205 Å². The molecule has 2 nitrogen and oxygen atoms in total. The number of benzene rings is 1. The fraction of sp³-hybridized carbons (Fsp3) is 0.795. The molecular formula is C44H79N2+. The summed E-state index contributed by atoms with van der Waals surface area (Å²) in [7, 11) is 0. The smallest absolute Gasteiger partial charge is 0.234 e. The fourth-order valence-electron chi connectivity index (χ4n) is 7.24. The molecule has 0 saturated heterocycles. The molecule has 264 valence electrons. The molecule has 46 heavy (non-hydrogen) atoms. The Kier molecular flexibility index (Phi) is 27.1. The average molecular weight is 636 g/mol. The first-order chi connectivity index (χ1) is 22.8. The summed E-state index contributed by atoms with van der Waals surface area (Å²) in [5.41, 5.74) is 1.47. The first kappa shape index (κ1) is 40.6. The van der Waals surface area contributed by atoms with Crippen LogP contribution < -0.4 is 4.57 Å². The maximum atomic E-state index is 2.62. The minimum absolute atomic E-state index is 1.15. The Morgan fingerprint density at radius 2 is 0.848 bits per heavy atom. The van der Waals surface area contributed by atoms with Gasteiger partial charge in [-0.3, -0.25) is 0 Å². The Hall–Kier alpha value is -1.57. The Bertz CT molecular complexity index is 885. The Labute approximate surface area is 288 Å². The standard InChI is InChI=1S/C44H79N2/c1-3-5-7-9-11-13-15-17-18-19-21-23-25-27-32-38-44-45(41-42-46(44)40-34-37-43-35-30-29-31-36-43)39-33-28-26-24-22-20-16-14-12-10-8-6-4-2/h29-31,35-36,41-42H,3-28,32-34,37-40H2,1-2H3/q+1. The van der Waals surface area contributed by atoms with Crippen LogP contribution in [0, 0.1) is 0 Å². The largest absolute Gasteiger partial charge is 0.256 e. The first-order valence-electron chi connectivity index (χ1n) is 21.0. The molecule has 0 aliphatic rings. The van der Waals surface area contributed by atoms with Crippen molar-refractivity contribution in [2.75, 3.05) is 0 Å². The number of nitrogens with zero attached hydrogens (tertiary/aromatic N) is 2. The number of hydrogen-bond acceptors (Lipinski definition) is 0. The van der Waals surface area contributed by atoms with E-state index in [1.807, 2.05) is 0 Å². The lowest BCUT2D eigenvalue weighted by Gasteiger charge is -2.07. The zero-order valence-electron chi connectivity index (χ0n) is 31.3. The number of hydrogen-bond donors (Lipinski definition) is 0. The van der Waals surface area contributed by atoms with Gasteiger partial charge in [0.25, 0.3) is 5.82 Å². The van der Waals surface area contributed by atoms with Crippen LogP contribution in [0.5, 0.6) is 0 Å². The SMILES string of the molecule is CCCCCCCCCCCCCCCCCc1n(CCCCCCCCCCCCCCC)cc[n+]1CCCc1ccccc1. The van der Waals surface area contributed by atoms with E-state index in [4.69, 9.17) is 0 Å². The van der Waals surface area contributed by atoms with Crippen molar-refractivity contribution < 1.29 is 4.57 Å². The van der Waals surface area contributed by atoms with Crippen LogP contribution in [0.3, 0.4) is 0 Å². The highest BCUT2D eigenvalue weighted by molar-refractivity contribution is 5.14. The van der Waals surface area contributed by atoms with Gasteiger partial charge < -0.3 is 0 Å². The lowest BCUT2D eigenvalue weighted by molar-refractivity contribution is -0.704. The maximum Gasteiger partial charge on any atom is 0.256 e. The maximum absolute atomic E-state index is 2.62. The fourth-order valence-corrected chi connectivity index (χ4v) is 7.24. The summed E-state index contributed by atoms with van der Waals surface area (Å²) < 4.78 is 5.21. The number of unbranched alkanes of at least 4 members (excludes halogenated alkanes) is 26. The van der Waals surface area contributed by atoms with E-state index in [0.29, 0.717) is 0 Å². The molecule has 0 aliphatic heterocycles. The molecule has 0 spiro atoms. The normalized spacial score (nSPS) is 11.5. The lowest BCUT2D eigenvalue weighted by Crippen LogP contribution is -2.37. The zero-order valence-corrected chi connectivity index (χ0v) is 31.3. The van der Waals surface area contributed by atoms with Crippen molar-refractivity contribution in [3.05, 3.63) is 54.1 Å². The molecule has 1 heterocycles. The highest BCUT2D eigenvalue weighted by atomic mass is 15.1. The first-order valence-corrected chi connectivity index (χ1v) is 21.0. The molecule has 0 fully saturated rings. The molecule has 2 heteroatoms. The minimum Gasteiger partial charge on any atom is -0.234 e. The summed E-state index contributed by atoms with van der Waals surface area (Å²) in [6.45, 7) is 6.97. The van der Waals surface area contributed by atoms with Crippen LogP contribution in [0.1, 0.15) is 211 Å². The highest BCUT2D eigenvalue weighted by Gasteiger charge is 2.16. The summed E-state index contributed by atoms with van der Waals surface area (Å²) in [5, 5.41) is 0. The van der Waals surface area contributed by atoms with E-state index in [-0.39, 0.29) is 0 Å². The van der Waals surface area contributed by atoms with E-state index in [0.717, 1.165) is 6.54 Å². The Morgan fingerprint density at radius 3 is 1.30 bits per heavy atom. The molecule has 1 aromatic heterocycles. The number of imidazole rings is 1. The molecule has 0 bridgehead atoms. The lowest BCUT2D eigenvalue weighted by atomic mass is 10.0. The molecule has 0 saturated carbocycles.